The molecule has 5 heteroatoms. The maximum absolute atomic E-state index is 11.8. The van der Waals surface area contributed by atoms with Crippen LogP contribution in [0.4, 0.5) is 0 Å². The van der Waals surface area contributed by atoms with E-state index in [1.807, 2.05) is 30.3 Å². The molecule has 0 fully saturated rings. The first kappa shape index (κ1) is 16.5. The second kappa shape index (κ2) is 8.58. The van der Waals surface area contributed by atoms with E-state index in [2.05, 4.69) is 10.3 Å². The Morgan fingerprint density at radius 3 is 2.70 bits per heavy atom. The molecule has 1 N–H and O–H groups in total. The van der Waals surface area contributed by atoms with Crippen LogP contribution in [0, 0.1) is 0 Å². The second-order valence-corrected chi connectivity index (χ2v) is 4.81. The van der Waals surface area contributed by atoms with Crippen LogP contribution in [0.2, 0.25) is 0 Å². The van der Waals surface area contributed by atoms with Gasteiger partial charge in [-0.15, -0.1) is 0 Å². The zero-order chi connectivity index (χ0) is 16.5. The SMILES string of the molecule is COc1ccc(C=CC(=O)NCCc2ccccn2)cc1OC. The van der Waals surface area contributed by atoms with Crippen molar-refractivity contribution >= 4 is 12.0 Å². The van der Waals surface area contributed by atoms with Crippen molar-refractivity contribution in [2.75, 3.05) is 20.8 Å². The standard InChI is InChI=1S/C18H20N2O3/c1-22-16-8-6-14(13-17(16)23-2)7-9-18(21)20-12-10-15-5-3-4-11-19-15/h3-9,11,13H,10,12H2,1-2H3,(H,20,21). The molecule has 2 aromatic rings. The van der Waals surface area contributed by atoms with Crippen LogP contribution < -0.4 is 14.8 Å². The topological polar surface area (TPSA) is 60.5 Å². The van der Waals surface area contributed by atoms with E-state index in [4.69, 9.17) is 9.47 Å². The third-order valence-corrected chi connectivity index (χ3v) is 3.24. The highest BCUT2D eigenvalue weighted by Crippen LogP contribution is 2.27. The Kier molecular flexibility index (Phi) is 6.17. The lowest BCUT2D eigenvalue weighted by Gasteiger charge is -2.07. The number of benzene rings is 1. The Morgan fingerprint density at radius 1 is 1.17 bits per heavy atom. The molecule has 0 radical (unpaired) electrons. The number of nitrogens with one attached hydrogen (secondary N) is 1. The van der Waals surface area contributed by atoms with Crippen molar-refractivity contribution in [3.05, 3.63) is 59.9 Å². The maximum Gasteiger partial charge on any atom is 0.244 e. The highest BCUT2D eigenvalue weighted by atomic mass is 16.5. The summed E-state index contributed by atoms with van der Waals surface area (Å²) >= 11 is 0. The Morgan fingerprint density at radius 2 is 2.00 bits per heavy atom. The van der Waals surface area contributed by atoms with Crippen molar-refractivity contribution in [2.45, 2.75) is 6.42 Å². The van der Waals surface area contributed by atoms with E-state index in [0.29, 0.717) is 24.5 Å². The number of aromatic nitrogens is 1. The van der Waals surface area contributed by atoms with Crippen molar-refractivity contribution in [2.24, 2.45) is 0 Å². The molecular formula is C18H20N2O3. The molecule has 2 rings (SSSR count). The van der Waals surface area contributed by atoms with Gasteiger partial charge in [-0.1, -0.05) is 12.1 Å². The zero-order valence-corrected chi connectivity index (χ0v) is 13.3. The van der Waals surface area contributed by atoms with E-state index in [0.717, 1.165) is 11.3 Å². The number of methoxy groups -OCH3 is 2. The summed E-state index contributed by atoms with van der Waals surface area (Å²) in [5, 5.41) is 2.83. The normalized spacial score (nSPS) is 10.5. The predicted molar refractivity (Wildman–Crippen MR) is 89.5 cm³/mol. The Bertz CT molecular complexity index is 669. The van der Waals surface area contributed by atoms with Gasteiger partial charge in [0.15, 0.2) is 11.5 Å². The fourth-order valence-electron chi connectivity index (χ4n) is 2.05. The summed E-state index contributed by atoms with van der Waals surface area (Å²) in [5.74, 6) is 1.14. The lowest BCUT2D eigenvalue weighted by atomic mass is 10.2. The number of amides is 1. The molecule has 1 aromatic carbocycles. The van der Waals surface area contributed by atoms with Crippen LogP contribution in [0.1, 0.15) is 11.3 Å². The third kappa shape index (κ3) is 5.14. The van der Waals surface area contributed by atoms with Crippen LogP contribution >= 0.6 is 0 Å². The number of carbonyl (C=O) groups excluding carboxylic acids is 1. The Balaban J connectivity index is 1.86. The number of nitrogens with zero attached hydrogens (tertiary/aromatic N) is 1. The average molecular weight is 312 g/mol. The minimum absolute atomic E-state index is 0.143. The van der Waals surface area contributed by atoms with Gasteiger partial charge in [-0.2, -0.15) is 0 Å². The molecule has 120 valence electrons. The molecule has 5 nitrogen and oxygen atoms in total. The molecule has 0 unspecified atom stereocenters. The lowest BCUT2D eigenvalue weighted by molar-refractivity contribution is -0.116. The van der Waals surface area contributed by atoms with E-state index < -0.39 is 0 Å². The van der Waals surface area contributed by atoms with Crippen molar-refractivity contribution in [3.63, 3.8) is 0 Å². The number of rotatable bonds is 7. The van der Waals surface area contributed by atoms with E-state index in [1.54, 1.807) is 32.6 Å². The molecule has 0 aliphatic carbocycles. The molecule has 1 aromatic heterocycles. The van der Waals surface area contributed by atoms with E-state index >= 15 is 0 Å². The summed E-state index contributed by atoms with van der Waals surface area (Å²) in [6.45, 7) is 0.548. The largest absolute Gasteiger partial charge is 0.493 e. The minimum atomic E-state index is -0.143. The average Bonchev–Trinajstić information content (AvgIpc) is 2.60. The molecule has 0 spiro atoms. The predicted octanol–water partition coefficient (Wildman–Crippen LogP) is 2.47. The van der Waals surface area contributed by atoms with Gasteiger partial charge in [0.25, 0.3) is 0 Å². The Labute approximate surface area is 136 Å². The van der Waals surface area contributed by atoms with E-state index in [-0.39, 0.29) is 5.91 Å². The highest BCUT2D eigenvalue weighted by molar-refractivity contribution is 5.91. The summed E-state index contributed by atoms with van der Waals surface area (Å²) in [6, 6.07) is 11.2. The number of carbonyl (C=O) groups is 1. The van der Waals surface area contributed by atoms with Crippen molar-refractivity contribution in [3.8, 4) is 11.5 Å². The quantitative estimate of drug-likeness (QED) is 0.798. The highest BCUT2D eigenvalue weighted by Gasteiger charge is 2.03. The monoisotopic (exact) mass is 312 g/mol. The first-order chi connectivity index (χ1) is 11.2. The zero-order valence-electron chi connectivity index (χ0n) is 13.3. The molecular weight excluding hydrogens is 292 g/mol. The molecule has 23 heavy (non-hydrogen) atoms. The van der Waals surface area contributed by atoms with Gasteiger partial charge in [-0.25, -0.2) is 0 Å². The fourth-order valence-corrected chi connectivity index (χ4v) is 2.05. The first-order valence-corrected chi connectivity index (χ1v) is 7.31. The van der Waals surface area contributed by atoms with Gasteiger partial charge >= 0.3 is 0 Å². The van der Waals surface area contributed by atoms with Gasteiger partial charge < -0.3 is 14.8 Å². The van der Waals surface area contributed by atoms with Crippen molar-refractivity contribution in [1.82, 2.24) is 10.3 Å². The smallest absolute Gasteiger partial charge is 0.244 e. The van der Waals surface area contributed by atoms with Crippen molar-refractivity contribution < 1.29 is 14.3 Å². The van der Waals surface area contributed by atoms with E-state index in [9.17, 15) is 4.79 Å². The van der Waals surface area contributed by atoms with Crippen LogP contribution in [0.25, 0.3) is 6.08 Å². The van der Waals surface area contributed by atoms with Gasteiger partial charge in [0.2, 0.25) is 5.91 Å². The van der Waals surface area contributed by atoms with Crippen LogP contribution in [0.5, 0.6) is 11.5 Å². The molecule has 0 bridgehead atoms. The lowest BCUT2D eigenvalue weighted by Crippen LogP contribution is -2.23. The van der Waals surface area contributed by atoms with Crippen LogP contribution in [-0.2, 0) is 11.2 Å². The summed E-state index contributed by atoms with van der Waals surface area (Å²) in [7, 11) is 3.16. The first-order valence-electron chi connectivity index (χ1n) is 7.31. The summed E-state index contributed by atoms with van der Waals surface area (Å²) < 4.78 is 10.4. The fraction of sp³-hybridized carbons (Fsp3) is 0.222. The minimum Gasteiger partial charge on any atom is -0.493 e. The molecule has 1 amide bonds. The van der Waals surface area contributed by atoms with Gasteiger partial charge in [0, 0.05) is 30.9 Å². The van der Waals surface area contributed by atoms with Gasteiger partial charge in [-0.05, 0) is 35.9 Å². The molecule has 1 heterocycles. The maximum atomic E-state index is 11.8. The molecule has 0 aliphatic rings. The molecule has 0 saturated carbocycles. The molecule has 0 aliphatic heterocycles. The summed E-state index contributed by atoms with van der Waals surface area (Å²) in [4.78, 5) is 16.0. The van der Waals surface area contributed by atoms with Gasteiger partial charge in [-0.3, -0.25) is 9.78 Å². The van der Waals surface area contributed by atoms with Crippen LogP contribution in [0.3, 0.4) is 0 Å². The summed E-state index contributed by atoms with van der Waals surface area (Å²) in [6.07, 6.45) is 5.68. The van der Waals surface area contributed by atoms with Gasteiger partial charge in [0.1, 0.15) is 0 Å². The number of pyridine rings is 1. The van der Waals surface area contributed by atoms with Crippen LogP contribution in [-0.4, -0.2) is 31.7 Å². The van der Waals surface area contributed by atoms with Gasteiger partial charge in [0.05, 0.1) is 14.2 Å². The third-order valence-electron chi connectivity index (χ3n) is 3.24. The van der Waals surface area contributed by atoms with Crippen LogP contribution in [0.15, 0.2) is 48.7 Å². The summed E-state index contributed by atoms with van der Waals surface area (Å²) in [5.41, 5.74) is 1.82. The van der Waals surface area contributed by atoms with Crippen molar-refractivity contribution in [1.29, 1.82) is 0 Å². The second-order valence-electron chi connectivity index (χ2n) is 4.81. The molecule has 0 atom stereocenters. The van der Waals surface area contributed by atoms with E-state index in [1.165, 1.54) is 6.08 Å². The number of hydrogen-bond acceptors (Lipinski definition) is 4. The number of ether oxygens (including phenoxy) is 2. The number of hydrogen-bond donors (Lipinski definition) is 1. The molecule has 0 saturated heterocycles. The Hall–Kier alpha value is -2.82.